The third-order valence-corrected chi connectivity index (χ3v) is 2.51. The predicted molar refractivity (Wildman–Crippen MR) is 44.4 cm³/mol. The Kier molecular flexibility index (Phi) is 7.02. The average Bonchev–Trinajstić information content (AvgIpc) is 2.00. The van der Waals surface area contributed by atoms with E-state index in [1.165, 1.54) is 0 Å². The summed E-state index contributed by atoms with van der Waals surface area (Å²) in [4.78, 5) is 9.41. The van der Waals surface area contributed by atoms with Crippen LogP contribution in [0.25, 0.3) is 0 Å². The predicted octanol–water partition coefficient (Wildman–Crippen LogP) is -8.04. The summed E-state index contributed by atoms with van der Waals surface area (Å²) in [5.41, 5.74) is 3.73. The number of carbonyl (C=O) groups excluding carboxylic acids is 1. The fourth-order valence-electron chi connectivity index (χ4n) is 0.992. The summed E-state index contributed by atoms with van der Waals surface area (Å²) in [5.74, 6) is -3.29. The molecule has 0 atom stereocenters. The topological polar surface area (TPSA) is 144 Å². The number of anilines is 1. The minimum Gasteiger partial charge on any atom is -0.871 e. The first-order chi connectivity index (χ1) is 6.75. The van der Waals surface area contributed by atoms with Gasteiger partial charge < -0.3 is 20.7 Å². The second kappa shape index (κ2) is 6.36. The first-order valence-electron chi connectivity index (χ1n) is 3.53. The Morgan fingerprint density at radius 3 is 2.12 bits per heavy atom. The zero-order valence-electron chi connectivity index (χ0n) is 9.13. The van der Waals surface area contributed by atoms with Crippen molar-refractivity contribution in [2.75, 3.05) is 5.73 Å². The van der Waals surface area contributed by atoms with Crippen molar-refractivity contribution in [1.29, 1.82) is 0 Å². The van der Waals surface area contributed by atoms with E-state index >= 15 is 0 Å². The van der Waals surface area contributed by atoms with Crippen LogP contribution in [0.3, 0.4) is 0 Å². The van der Waals surface area contributed by atoms with Crippen molar-refractivity contribution in [1.82, 2.24) is 0 Å². The van der Waals surface area contributed by atoms with Crippen LogP contribution in [0.2, 0.25) is 0 Å². The fraction of sp³-hybridized carbons (Fsp3) is 0. The van der Waals surface area contributed by atoms with Gasteiger partial charge in [0.15, 0.2) is 0 Å². The Morgan fingerprint density at radius 2 is 1.76 bits per heavy atom. The van der Waals surface area contributed by atoms with Crippen molar-refractivity contribution in [2.45, 2.75) is 4.90 Å². The maximum absolute atomic E-state index is 11.2. The molecule has 1 rings (SSSR count). The smallest absolute Gasteiger partial charge is 0.871 e. The number of carboxylic acid groups (broad SMARTS) is 1. The molecule has 0 amide bonds. The van der Waals surface area contributed by atoms with E-state index in [1.807, 2.05) is 0 Å². The van der Waals surface area contributed by atoms with Crippen molar-refractivity contribution in [2.24, 2.45) is 0 Å². The molecule has 0 heterocycles. The van der Waals surface area contributed by atoms with Gasteiger partial charge >= 0.3 is 37.7 Å². The number of benzene rings is 1. The van der Waals surface area contributed by atoms with Gasteiger partial charge in [-0.25, -0.2) is 0 Å². The van der Waals surface area contributed by atoms with Gasteiger partial charge in [0.1, 0.15) is 0 Å². The molecule has 0 aliphatic heterocycles. The quantitative estimate of drug-likeness (QED) is 0.299. The number of hydrogen-bond donors (Lipinski definition) is 2. The Bertz CT molecular complexity index is 529. The monoisotopic (exact) mass is 245 g/mol. The van der Waals surface area contributed by atoms with E-state index in [2.05, 4.69) is 0 Å². The molecule has 0 saturated heterocycles. The summed E-state index contributed by atoms with van der Waals surface area (Å²) in [6.07, 6.45) is 0. The molecule has 0 bridgehead atoms. The molecular formula is C7H5Li2NO6S. The van der Waals surface area contributed by atoms with Gasteiger partial charge in [0.25, 0.3) is 10.1 Å². The van der Waals surface area contributed by atoms with Crippen LogP contribution < -0.4 is 53.7 Å². The standard InChI is InChI=1S/C7H7NO6S.2Li/c8-3-1-2-4(15(12,13)14)6(9)5(3)7(10)11;;/h1-2,9H,8H2,(H,10,11)(H,12,13,14);;/q;2*+1/p-2. The van der Waals surface area contributed by atoms with Gasteiger partial charge in [-0.05, 0) is 12.1 Å². The molecule has 0 unspecified atom stereocenters. The van der Waals surface area contributed by atoms with Crippen LogP contribution >= 0.6 is 0 Å². The van der Waals surface area contributed by atoms with Crippen molar-refractivity contribution in [3.63, 3.8) is 0 Å². The van der Waals surface area contributed by atoms with Crippen molar-refractivity contribution in [3.8, 4) is 5.75 Å². The minimum atomic E-state index is -4.77. The third-order valence-electron chi connectivity index (χ3n) is 1.64. The van der Waals surface area contributed by atoms with Gasteiger partial charge in [-0.1, -0.05) is 5.75 Å². The number of nitrogen functional groups attached to an aromatic ring is 1. The Morgan fingerprint density at radius 1 is 1.29 bits per heavy atom. The fourth-order valence-corrected chi connectivity index (χ4v) is 1.57. The number of nitrogens with two attached hydrogens (primary N) is 1. The van der Waals surface area contributed by atoms with Crippen LogP contribution in [0, 0.1) is 0 Å². The molecule has 10 heteroatoms. The van der Waals surface area contributed by atoms with E-state index in [0.717, 1.165) is 12.1 Å². The van der Waals surface area contributed by atoms with Crippen LogP contribution in [0.4, 0.5) is 5.69 Å². The molecule has 0 fully saturated rings. The molecule has 17 heavy (non-hydrogen) atoms. The molecule has 0 spiro atoms. The average molecular weight is 245 g/mol. The second-order valence-electron chi connectivity index (χ2n) is 2.62. The van der Waals surface area contributed by atoms with E-state index in [9.17, 15) is 23.4 Å². The maximum atomic E-state index is 11.2. The molecule has 0 aliphatic carbocycles. The molecule has 0 aromatic heterocycles. The molecular weight excluding hydrogens is 240 g/mol. The number of aromatic carboxylic acids is 1. The maximum Gasteiger partial charge on any atom is 1.00 e. The molecule has 0 radical (unpaired) electrons. The van der Waals surface area contributed by atoms with E-state index in [1.54, 1.807) is 0 Å². The summed E-state index contributed by atoms with van der Waals surface area (Å²) in [7, 11) is -4.77. The van der Waals surface area contributed by atoms with Crippen molar-refractivity contribution < 1.29 is 65.7 Å². The summed E-state index contributed by atoms with van der Waals surface area (Å²) >= 11 is 0. The summed E-state index contributed by atoms with van der Waals surface area (Å²) in [5, 5.41) is 21.7. The van der Waals surface area contributed by atoms with Crippen LogP contribution in [-0.4, -0.2) is 18.9 Å². The molecule has 1 aromatic rings. The number of carbonyl (C=O) groups is 1. The van der Waals surface area contributed by atoms with Gasteiger partial charge in [0.2, 0.25) is 0 Å². The van der Waals surface area contributed by atoms with E-state index < -0.39 is 38.0 Å². The van der Waals surface area contributed by atoms with Gasteiger partial charge in [-0.2, -0.15) is 8.42 Å². The summed E-state index contributed by atoms with van der Waals surface area (Å²) < 4.78 is 29.9. The number of hydrogen-bond acceptors (Lipinski definition) is 6. The van der Waals surface area contributed by atoms with Crippen LogP contribution in [0.1, 0.15) is 10.4 Å². The Hall–Kier alpha value is -0.605. The molecule has 82 valence electrons. The summed E-state index contributed by atoms with van der Waals surface area (Å²) in [6, 6.07) is 1.61. The minimum absolute atomic E-state index is 0. The summed E-state index contributed by atoms with van der Waals surface area (Å²) in [6.45, 7) is 0. The SMILES string of the molecule is Nc1ccc(S(=O)(=O)O)c([O-])c1C(=O)[O-].[Li+].[Li+]. The third kappa shape index (κ3) is 3.96. The zero-order valence-corrected chi connectivity index (χ0v) is 9.95. The molecule has 0 saturated carbocycles. The van der Waals surface area contributed by atoms with Gasteiger partial charge in [-0.15, -0.1) is 0 Å². The second-order valence-corrected chi connectivity index (χ2v) is 4.01. The van der Waals surface area contributed by atoms with Gasteiger partial charge in [0.05, 0.1) is 10.9 Å². The largest absolute Gasteiger partial charge is 1.00 e. The first kappa shape index (κ1) is 18.8. The first-order valence-corrected chi connectivity index (χ1v) is 4.97. The number of carboxylic acids is 1. The Labute approximate surface area is 121 Å². The normalized spacial score (nSPS) is 9.94. The van der Waals surface area contributed by atoms with Gasteiger partial charge in [0, 0.05) is 11.3 Å². The molecule has 0 aliphatic rings. The number of rotatable bonds is 2. The van der Waals surface area contributed by atoms with Gasteiger partial charge in [-0.3, -0.25) is 4.55 Å². The Balaban J connectivity index is 0. The molecule has 7 nitrogen and oxygen atoms in total. The molecule has 1 aromatic carbocycles. The zero-order chi connectivity index (χ0) is 11.8. The molecule has 3 N–H and O–H groups in total. The van der Waals surface area contributed by atoms with E-state index in [-0.39, 0.29) is 37.7 Å². The van der Waals surface area contributed by atoms with Crippen LogP contribution in [-0.2, 0) is 10.1 Å². The van der Waals surface area contributed by atoms with Crippen LogP contribution in [0.15, 0.2) is 17.0 Å². The van der Waals surface area contributed by atoms with Crippen LogP contribution in [0.5, 0.6) is 5.75 Å². The van der Waals surface area contributed by atoms with Crippen molar-refractivity contribution >= 4 is 21.8 Å². The van der Waals surface area contributed by atoms with E-state index in [4.69, 9.17) is 10.3 Å². The van der Waals surface area contributed by atoms with E-state index in [0.29, 0.717) is 0 Å². The van der Waals surface area contributed by atoms with Crippen molar-refractivity contribution in [3.05, 3.63) is 17.7 Å².